The fourth-order valence-corrected chi connectivity index (χ4v) is 1.64. The number of hydrogen-bond donors (Lipinski definition) is 1. The van der Waals surface area contributed by atoms with Gasteiger partial charge in [0.1, 0.15) is 5.01 Å². The summed E-state index contributed by atoms with van der Waals surface area (Å²) in [6.07, 6.45) is 1.33. The number of nitrogens with zero attached hydrogens (tertiary/aromatic N) is 3. The molecular formula is C8H8N4O3S. The van der Waals surface area contributed by atoms with E-state index in [4.69, 9.17) is 10.3 Å². The lowest BCUT2D eigenvalue weighted by Crippen LogP contribution is -2.12. The minimum Gasteiger partial charge on any atom is -0.440 e. The maximum absolute atomic E-state index is 10.3. The molecule has 16 heavy (non-hydrogen) atoms. The highest BCUT2D eigenvalue weighted by Gasteiger charge is 2.09. The average molecular weight is 240 g/mol. The van der Waals surface area contributed by atoms with Crippen LogP contribution in [0.25, 0.3) is 0 Å². The Bertz CT molecular complexity index is 467. The molecule has 8 heteroatoms. The Labute approximate surface area is 94.2 Å². The van der Waals surface area contributed by atoms with Gasteiger partial charge in [0.05, 0.1) is 6.42 Å². The van der Waals surface area contributed by atoms with Crippen LogP contribution in [-0.2, 0) is 17.8 Å². The molecule has 0 unspecified atom stereocenters. The number of carbonyl (C=O) groups excluding carboxylic acids is 1. The number of aromatic nitrogens is 3. The van der Waals surface area contributed by atoms with Crippen molar-refractivity contribution >= 4 is 17.4 Å². The normalized spacial score (nSPS) is 10.2. The highest BCUT2D eigenvalue weighted by molar-refractivity contribution is 7.09. The van der Waals surface area contributed by atoms with E-state index in [0.717, 1.165) is 5.01 Å². The van der Waals surface area contributed by atoms with Crippen molar-refractivity contribution in [3.8, 4) is 0 Å². The predicted octanol–water partition coefficient (Wildman–Crippen LogP) is 0.712. The van der Waals surface area contributed by atoms with Crippen molar-refractivity contribution in [1.29, 1.82) is 0 Å². The van der Waals surface area contributed by atoms with Crippen molar-refractivity contribution in [2.45, 2.75) is 13.0 Å². The molecule has 0 spiro atoms. The van der Waals surface area contributed by atoms with Crippen LogP contribution in [0.4, 0.5) is 4.79 Å². The number of ether oxygens (including phenoxy) is 1. The Morgan fingerprint density at radius 1 is 1.62 bits per heavy atom. The van der Waals surface area contributed by atoms with Crippen LogP contribution in [0.5, 0.6) is 0 Å². The SMILES string of the molecule is NC(=O)OCc1nc(Cc2nccs2)no1. The monoisotopic (exact) mass is 240 g/mol. The largest absolute Gasteiger partial charge is 0.440 e. The molecule has 2 aromatic rings. The smallest absolute Gasteiger partial charge is 0.405 e. The zero-order valence-electron chi connectivity index (χ0n) is 8.12. The maximum atomic E-state index is 10.3. The highest BCUT2D eigenvalue weighted by atomic mass is 32.1. The third-order valence-electron chi connectivity index (χ3n) is 1.64. The molecule has 1 amide bonds. The third kappa shape index (κ3) is 2.76. The molecule has 0 aromatic carbocycles. The Kier molecular flexibility index (Phi) is 3.10. The highest BCUT2D eigenvalue weighted by Crippen LogP contribution is 2.09. The zero-order valence-corrected chi connectivity index (χ0v) is 8.94. The van der Waals surface area contributed by atoms with Gasteiger partial charge < -0.3 is 15.0 Å². The van der Waals surface area contributed by atoms with Crippen molar-refractivity contribution in [2.75, 3.05) is 0 Å². The van der Waals surface area contributed by atoms with Crippen LogP contribution < -0.4 is 5.73 Å². The molecule has 0 saturated heterocycles. The first-order valence-electron chi connectivity index (χ1n) is 4.36. The molecule has 0 aliphatic carbocycles. The second-order valence-electron chi connectivity index (χ2n) is 2.81. The quantitative estimate of drug-likeness (QED) is 0.843. The fourth-order valence-electron chi connectivity index (χ4n) is 1.03. The van der Waals surface area contributed by atoms with E-state index in [1.165, 1.54) is 11.3 Å². The number of carbonyl (C=O) groups is 1. The topological polar surface area (TPSA) is 104 Å². The Morgan fingerprint density at radius 3 is 3.19 bits per heavy atom. The molecular weight excluding hydrogens is 232 g/mol. The van der Waals surface area contributed by atoms with E-state index in [2.05, 4.69) is 19.9 Å². The van der Waals surface area contributed by atoms with Crippen LogP contribution in [0.15, 0.2) is 16.1 Å². The van der Waals surface area contributed by atoms with Crippen molar-refractivity contribution in [3.63, 3.8) is 0 Å². The Morgan fingerprint density at radius 2 is 2.50 bits per heavy atom. The standard InChI is InChI=1S/C8H8N4O3S/c9-8(13)14-4-6-11-5(12-15-6)3-7-10-1-2-16-7/h1-2H,3-4H2,(H2,9,13). The summed E-state index contributed by atoms with van der Waals surface area (Å²) >= 11 is 1.51. The Balaban J connectivity index is 1.94. The van der Waals surface area contributed by atoms with Gasteiger partial charge in [0.15, 0.2) is 12.4 Å². The summed E-state index contributed by atoms with van der Waals surface area (Å²) in [5.41, 5.74) is 4.80. The van der Waals surface area contributed by atoms with E-state index in [0.29, 0.717) is 12.2 Å². The molecule has 0 aliphatic heterocycles. The van der Waals surface area contributed by atoms with Gasteiger partial charge in [-0.25, -0.2) is 9.78 Å². The Hall–Kier alpha value is -1.96. The third-order valence-corrected chi connectivity index (χ3v) is 2.42. The molecule has 7 nitrogen and oxygen atoms in total. The minimum absolute atomic E-state index is 0.111. The van der Waals surface area contributed by atoms with E-state index in [1.54, 1.807) is 6.20 Å². The second-order valence-corrected chi connectivity index (χ2v) is 3.79. The van der Waals surface area contributed by atoms with Gasteiger partial charge in [0, 0.05) is 11.6 Å². The van der Waals surface area contributed by atoms with Gasteiger partial charge in [-0.3, -0.25) is 0 Å². The summed E-state index contributed by atoms with van der Waals surface area (Å²) in [6.45, 7) is -0.111. The molecule has 2 heterocycles. The van der Waals surface area contributed by atoms with Crippen molar-refractivity contribution < 1.29 is 14.1 Å². The number of thiazole rings is 1. The summed E-state index contributed by atoms with van der Waals surface area (Å²) < 4.78 is 9.35. The van der Waals surface area contributed by atoms with Crippen LogP contribution >= 0.6 is 11.3 Å². The van der Waals surface area contributed by atoms with Crippen molar-refractivity contribution in [1.82, 2.24) is 15.1 Å². The van der Waals surface area contributed by atoms with E-state index in [-0.39, 0.29) is 12.5 Å². The minimum atomic E-state index is -0.875. The summed E-state index contributed by atoms with van der Waals surface area (Å²) in [5, 5.41) is 6.48. The van der Waals surface area contributed by atoms with Crippen LogP contribution in [0.1, 0.15) is 16.7 Å². The van der Waals surface area contributed by atoms with Crippen LogP contribution in [0.3, 0.4) is 0 Å². The van der Waals surface area contributed by atoms with Gasteiger partial charge in [-0.1, -0.05) is 5.16 Å². The molecule has 0 radical (unpaired) electrons. The van der Waals surface area contributed by atoms with Crippen LogP contribution in [-0.4, -0.2) is 21.2 Å². The lowest BCUT2D eigenvalue weighted by Gasteiger charge is -1.93. The average Bonchev–Trinajstić information content (AvgIpc) is 2.87. The first kappa shape index (κ1) is 10.6. The first-order valence-corrected chi connectivity index (χ1v) is 5.24. The number of rotatable bonds is 4. The molecule has 2 N–H and O–H groups in total. The van der Waals surface area contributed by atoms with Gasteiger partial charge in [0.2, 0.25) is 0 Å². The predicted molar refractivity (Wildman–Crippen MR) is 53.6 cm³/mol. The van der Waals surface area contributed by atoms with Gasteiger partial charge >= 0.3 is 6.09 Å². The molecule has 0 bridgehead atoms. The number of nitrogens with two attached hydrogens (primary N) is 1. The van der Waals surface area contributed by atoms with Gasteiger partial charge in [-0.05, 0) is 0 Å². The fraction of sp³-hybridized carbons (Fsp3) is 0.250. The van der Waals surface area contributed by atoms with Crippen LogP contribution in [0.2, 0.25) is 0 Å². The van der Waals surface area contributed by atoms with Crippen molar-refractivity contribution in [2.24, 2.45) is 5.73 Å². The van der Waals surface area contributed by atoms with E-state index in [1.807, 2.05) is 5.38 Å². The van der Waals surface area contributed by atoms with Gasteiger partial charge in [0.25, 0.3) is 5.89 Å². The van der Waals surface area contributed by atoms with E-state index in [9.17, 15) is 4.79 Å². The summed E-state index contributed by atoms with van der Waals surface area (Å²) in [7, 11) is 0. The van der Waals surface area contributed by atoms with Gasteiger partial charge in [-0.2, -0.15) is 4.98 Å². The van der Waals surface area contributed by atoms with Gasteiger partial charge in [-0.15, -0.1) is 11.3 Å². The van der Waals surface area contributed by atoms with Crippen LogP contribution in [0, 0.1) is 0 Å². The van der Waals surface area contributed by atoms with E-state index >= 15 is 0 Å². The molecule has 84 valence electrons. The molecule has 0 aliphatic rings. The lowest BCUT2D eigenvalue weighted by atomic mass is 10.4. The molecule has 0 saturated carbocycles. The summed E-state index contributed by atoms with van der Waals surface area (Å²) in [5.74, 6) is 0.711. The number of amides is 1. The summed E-state index contributed by atoms with van der Waals surface area (Å²) in [4.78, 5) is 18.4. The lowest BCUT2D eigenvalue weighted by molar-refractivity contribution is 0.135. The zero-order chi connectivity index (χ0) is 11.4. The molecule has 2 aromatic heterocycles. The maximum Gasteiger partial charge on any atom is 0.405 e. The molecule has 0 fully saturated rings. The second kappa shape index (κ2) is 4.71. The molecule has 0 atom stereocenters. The van der Waals surface area contributed by atoms with Crippen molar-refractivity contribution in [3.05, 3.63) is 28.3 Å². The van der Waals surface area contributed by atoms with E-state index < -0.39 is 6.09 Å². The summed E-state index contributed by atoms with van der Waals surface area (Å²) in [6, 6.07) is 0. The first-order chi connectivity index (χ1) is 7.74. The molecule has 2 rings (SSSR count). The number of primary amides is 1. The number of hydrogen-bond acceptors (Lipinski definition) is 7.